The van der Waals surface area contributed by atoms with Crippen molar-refractivity contribution in [2.24, 2.45) is 0 Å². The van der Waals surface area contributed by atoms with Gasteiger partial charge in [0.2, 0.25) is 0 Å². The van der Waals surface area contributed by atoms with E-state index in [0.29, 0.717) is 15.7 Å². The summed E-state index contributed by atoms with van der Waals surface area (Å²) in [6.45, 7) is 5.78. The Labute approximate surface area is 125 Å². The lowest BCUT2D eigenvalue weighted by Gasteiger charge is -2.09. The molecule has 1 N–H and O–H groups in total. The topological polar surface area (TPSA) is 42.0 Å². The van der Waals surface area contributed by atoms with Crippen LogP contribution in [0.4, 0.5) is 5.69 Å². The van der Waals surface area contributed by atoms with Crippen LogP contribution in [-0.2, 0) is 0 Å². The van der Waals surface area contributed by atoms with Crippen LogP contribution in [0, 0.1) is 20.8 Å². The Morgan fingerprint density at radius 2 is 1.89 bits per heavy atom. The van der Waals surface area contributed by atoms with E-state index >= 15 is 0 Å². The molecule has 2 rings (SSSR count). The summed E-state index contributed by atoms with van der Waals surface area (Å²) in [6.07, 6.45) is 0. The van der Waals surface area contributed by atoms with Gasteiger partial charge in [-0.3, -0.25) is 4.79 Å². The van der Waals surface area contributed by atoms with Crippen LogP contribution in [0.2, 0.25) is 10.3 Å². The van der Waals surface area contributed by atoms with Crippen molar-refractivity contribution in [1.82, 2.24) is 4.98 Å². The third kappa shape index (κ3) is 3.08. The van der Waals surface area contributed by atoms with E-state index in [-0.39, 0.29) is 11.1 Å². The maximum absolute atomic E-state index is 12.1. The standard InChI is InChI=1S/C13H12Cl2N2OS/c1-6-4-9(19-8(6)3)13(18)17-11-7(2)5-10(14)16-12(11)15/h4-5H,1-3H3,(H,17,18). The van der Waals surface area contributed by atoms with Crippen molar-refractivity contribution in [2.75, 3.05) is 5.32 Å². The summed E-state index contributed by atoms with van der Waals surface area (Å²) in [5.41, 5.74) is 2.38. The summed E-state index contributed by atoms with van der Waals surface area (Å²) in [4.78, 5) is 17.9. The zero-order chi connectivity index (χ0) is 14.2. The zero-order valence-electron chi connectivity index (χ0n) is 10.7. The fourth-order valence-corrected chi connectivity index (χ4v) is 3.11. The molecule has 0 aliphatic heterocycles. The van der Waals surface area contributed by atoms with E-state index in [1.807, 2.05) is 26.8 Å². The van der Waals surface area contributed by atoms with Crippen molar-refractivity contribution in [3.05, 3.63) is 43.3 Å². The molecule has 3 nitrogen and oxygen atoms in total. The molecule has 0 radical (unpaired) electrons. The first-order chi connectivity index (χ1) is 8.88. The molecule has 6 heteroatoms. The van der Waals surface area contributed by atoms with Gasteiger partial charge in [-0.15, -0.1) is 11.3 Å². The van der Waals surface area contributed by atoms with Crippen LogP contribution in [0.3, 0.4) is 0 Å². The predicted molar refractivity (Wildman–Crippen MR) is 80.7 cm³/mol. The van der Waals surface area contributed by atoms with Gasteiger partial charge >= 0.3 is 0 Å². The molecule has 0 fully saturated rings. The Bertz CT molecular complexity index is 610. The molecular weight excluding hydrogens is 303 g/mol. The highest BCUT2D eigenvalue weighted by atomic mass is 35.5. The van der Waals surface area contributed by atoms with Crippen LogP contribution in [0.25, 0.3) is 0 Å². The number of halogens is 2. The van der Waals surface area contributed by atoms with Crippen LogP contribution in [-0.4, -0.2) is 10.9 Å². The average Bonchev–Trinajstić information content (AvgIpc) is 2.64. The molecule has 0 aliphatic rings. The molecule has 0 bridgehead atoms. The van der Waals surface area contributed by atoms with Crippen LogP contribution in [0.5, 0.6) is 0 Å². The van der Waals surface area contributed by atoms with Gasteiger partial charge in [-0.05, 0) is 44.0 Å². The molecule has 0 unspecified atom stereocenters. The lowest BCUT2D eigenvalue weighted by Crippen LogP contribution is -2.12. The molecule has 2 heterocycles. The largest absolute Gasteiger partial charge is 0.318 e. The minimum Gasteiger partial charge on any atom is -0.318 e. The SMILES string of the molecule is Cc1cc(C(=O)Nc2c(C)cc(Cl)nc2Cl)sc1C. The number of hydrogen-bond acceptors (Lipinski definition) is 3. The summed E-state index contributed by atoms with van der Waals surface area (Å²) in [5, 5.41) is 3.29. The second kappa shape index (κ2) is 5.49. The van der Waals surface area contributed by atoms with Crippen molar-refractivity contribution < 1.29 is 4.79 Å². The third-order valence-corrected chi connectivity index (χ3v) is 4.39. The number of anilines is 1. The number of amides is 1. The summed E-state index contributed by atoms with van der Waals surface area (Å²) in [5.74, 6) is -0.185. The first-order valence-electron chi connectivity index (χ1n) is 5.59. The molecular formula is C13H12Cl2N2OS. The Morgan fingerprint density at radius 3 is 2.42 bits per heavy atom. The second-order valence-corrected chi connectivity index (χ2v) is 6.23. The number of hydrogen-bond donors (Lipinski definition) is 1. The number of rotatable bonds is 2. The van der Waals surface area contributed by atoms with Gasteiger partial charge in [0.1, 0.15) is 5.15 Å². The Kier molecular flexibility index (Phi) is 4.13. The van der Waals surface area contributed by atoms with E-state index in [1.54, 1.807) is 6.07 Å². The lowest BCUT2D eigenvalue weighted by atomic mass is 10.2. The van der Waals surface area contributed by atoms with Gasteiger partial charge < -0.3 is 5.32 Å². The van der Waals surface area contributed by atoms with Crippen LogP contribution in [0.15, 0.2) is 12.1 Å². The number of nitrogens with one attached hydrogen (secondary N) is 1. The monoisotopic (exact) mass is 314 g/mol. The number of pyridine rings is 1. The minimum absolute atomic E-state index is 0.185. The molecule has 1 amide bonds. The summed E-state index contributed by atoms with van der Waals surface area (Å²) >= 11 is 13.2. The number of aromatic nitrogens is 1. The van der Waals surface area contributed by atoms with Crippen molar-refractivity contribution >= 4 is 46.1 Å². The van der Waals surface area contributed by atoms with Crippen LogP contribution >= 0.6 is 34.5 Å². The molecule has 2 aromatic heterocycles. The maximum Gasteiger partial charge on any atom is 0.265 e. The van der Waals surface area contributed by atoms with E-state index in [0.717, 1.165) is 16.0 Å². The van der Waals surface area contributed by atoms with Crippen molar-refractivity contribution in [3.8, 4) is 0 Å². The highest BCUT2D eigenvalue weighted by molar-refractivity contribution is 7.14. The average molecular weight is 315 g/mol. The summed E-state index contributed by atoms with van der Waals surface area (Å²) in [7, 11) is 0. The van der Waals surface area contributed by atoms with Gasteiger partial charge in [-0.25, -0.2) is 4.98 Å². The molecule has 0 saturated heterocycles. The van der Waals surface area contributed by atoms with Gasteiger partial charge in [0.25, 0.3) is 5.91 Å². The van der Waals surface area contributed by atoms with E-state index in [2.05, 4.69) is 10.3 Å². The van der Waals surface area contributed by atoms with E-state index in [1.165, 1.54) is 11.3 Å². The quantitative estimate of drug-likeness (QED) is 0.821. The van der Waals surface area contributed by atoms with E-state index in [9.17, 15) is 4.79 Å². The van der Waals surface area contributed by atoms with Crippen molar-refractivity contribution in [2.45, 2.75) is 20.8 Å². The van der Waals surface area contributed by atoms with Gasteiger partial charge in [0.05, 0.1) is 10.6 Å². The van der Waals surface area contributed by atoms with Gasteiger partial charge in [-0.2, -0.15) is 0 Å². The number of carbonyl (C=O) groups excluding carboxylic acids is 1. The zero-order valence-corrected chi connectivity index (χ0v) is 13.0. The lowest BCUT2D eigenvalue weighted by molar-refractivity contribution is 0.103. The van der Waals surface area contributed by atoms with E-state index in [4.69, 9.17) is 23.2 Å². The number of thiophene rings is 1. The Morgan fingerprint density at radius 1 is 1.21 bits per heavy atom. The molecule has 0 saturated carbocycles. The first-order valence-corrected chi connectivity index (χ1v) is 7.16. The third-order valence-electron chi connectivity index (χ3n) is 2.77. The van der Waals surface area contributed by atoms with Crippen molar-refractivity contribution in [1.29, 1.82) is 0 Å². The van der Waals surface area contributed by atoms with E-state index < -0.39 is 0 Å². The minimum atomic E-state index is -0.185. The fraction of sp³-hybridized carbons (Fsp3) is 0.231. The van der Waals surface area contributed by atoms with Crippen LogP contribution in [0.1, 0.15) is 25.7 Å². The first kappa shape index (κ1) is 14.3. The second-order valence-electron chi connectivity index (χ2n) is 4.23. The number of carbonyl (C=O) groups is 1. The fourth-order valence-electron chi connectivity index (χ4n) is 1.61. The predicted octanol–water partition coefficient (Wildman–Crippen LogP) is 4.63. The molecule has 2 aromatic rings. The van der Waals surface area contributed by atoms with Crippen LogP contribution < -0.4 is 5.32 Å². The van der Waals surface area contributed by atoms with Crippen molar-refractivity contribution in [3.63, 3.8) is 0 Å². The number of aryl methyl sites for hydroxylation is 3. The summed E-state index contributed by atoms with van der Waals surface area (Å²) < 4.78 is 0. The highest BCUT2D eigenvalue weighted by Gasteiger charge is 2.15. The summed E-state index contributed by atoms with van der Waals surface area (Å²) in [6, 6.07) is 3.52. The van der Waals surface area contributed by atoms with Gasteiger partial charge in [-0.1, -0.05) is 23.2 Å². The maximum atomic E-state index is 12.1. The molecule has 0 aliphatic carbocycles. The molecule has 100 valence electrons. The normalized spacial score (nSPS) is 10.6. The Balaban J connectivity index is 2.29. The smallest absolute Gasteiger partial charge is 0.265 e. The number of nitrogens with zero attached hydrogens (tertiary/aromatic N) is 1. The molecule has 0 aromatic carbocycles. The molecule has 19 heavy (non-hydrogen) atoms. The van der Waals surface area contributed by atoms with Gasteiger partial charge in [0.15, 0.2) is 5.15 Å². The van der Waals surface area contributed by atoms with Gasteiger partial charge in [0, 0.05) is 4.88 Å². The highest BCUT2D eigenvalue weighted by Crippen LogP contribution is 2.28. The molecule has 0 spiro atoms. The molecule has 0 atom stereocenters. The Hall–Kier alpha value is -1.10.